The van der Waals surface area contributed by atoms with E-state index in [4.69, 9.17) is 19.3 Å². The van der Waals surface area contributed by atoms with Gasteiger partial charge in [0.1, 0.15) is 0 Å². The molecule has 0 radical (unpaired) electrons. The Hall–Kier alpha value is -2.28. The summed E-state index contributed by atoms with van der Waals surface area (Å²) >= 11 is 0. The molecular formula is C15H17NO6. The van der Waals surface area contributed by atoms with Gasteiger partial charge in [-0.1, -0.05) is 6.07 Å². The van der Waals surface area contributed by atoms with Crippen molar-refractivity contribution in [3.63, 3.8) is 0 Å². The lowest BCUT2D eigenvalue weighted by atomic mass is 10.1. The highest BCUT2D eigenvalue weighted by molar-refractivity contribution is 5.80. The Morgan fingerprint density at radius 3 is 2.91 bits per heavy atom. The van der Waals surface area contributed by atoms with Gasteiger partial charge in [-0.05, 0) is 17.7 Å². The molecule has 7 nitrogen and oxygen atoms in total. The third kappa shape index (κ3) is 3.14. The number of aliphatic carboxylic acids is 1. The van der Waals surface area contributed by atoms with Crippen LogP contribution in [0.15, 0.2) is 18.2 Å². The third-order valence-corrected chi connectivity index (χ3v) is 3.75. The average Bonchev–Trinajstić information content (AvgIpc) is 2.94. The first-order chi connectivity index (χ1) is 10.6. The van der Waals surface area contributed by atoms with Crippen molar-refractivity contribution in [2.24, 2.45) is 0 Å². The van der Waals surface area contributed by atoms with Crippen molar-refractivity contribution >= 4 is 11.9 Å². The highest BCUT2D eigenvalue weighted by Crippen LogP contribution is 2.32. The Bertz CT molecular complexity index is 587. The van der Waals surface area contributed by atoms with Gasteiger partial charge in [-0.25, -0.2) is 0 Å². The lowest BCUT2D eigenvalue weighted by Gasteiger charge is -2.35. The summed E-state index contributed by atoms with van der Waals surface area (Å²) < 4.78 is 15.8. The molecule has 1 atom stereocenters. The number of rotatable bonds is 4. The highest BCUT2D eigenvalue weighted by Gasteiger charge is 2.29. The van der Waals surface area contributed by atoms with Crippen molar-refractivity contribution < 1.29 is 28.9 Å². The van der Waals surface area contributed by atoms with Crippen LogP contribution in [0.2, 0.25) is 0 Å². The Morgan fingerprint density at radius 1 is 1.27 bits per heavy atom. The number of hydrogen-bond acceptors (Lipinski definition) is 5. The lowest BCUT2D eigenvalue weighted by molar-refractivity contribution is -0.145. The number of hydrogen-bond donors (Lipinski definition) is 1. The first-order valence-corrected chi connectivity index (χ1v) is 7.11. The maximum absolute atomic E-state index is 12.5. The van der Waals surface area contributed by atoms with E-state index in [1.165, 1.54) is 0 Å². The zero-order valence-corrected chi connectivity index (χ0v) is 12.0. The molecule has 22 heavy (non-hydrogen) atoms. The molecule has 0 aliphatic carbocycles. The van der Waals surface area contributed by atoms with Gasteiger partial charge in [0, 0.05) is 6.54 Å². The number of nitrogens with zero attached hydrogens (tertiary/aromatic N) is 1. The summed E-state index contributed by atoms with van der Waals surface area (Å²) in [6.07, 6.45) is 0.0969. The van der Waals surface area contributed by atoms with E-state index in [0.717, 1.165) is 5.56 Å². The number of benzene rings is 1. The summed E-state index contributed by atoms with van der Waals surface area (Å²) in [4.78, 5) is 25.0. The topological polar surface area (TPSA) is 85.3 Å². The molecule has 2 aliphatic rings. The molecule has 0 saturated carbocycles. The number of carboxylic acids is 1. The minimum atomic E-state index is -0.934. The van der Waals surface area contributed by atoms with Crippen molar-refractivity contribution in [1.29, 1.82) is 0 Å². The number of carbonyl (C=O) groups is 2. The number of carboxylic acid groups (broad SMARTS) is 1. The van der Waals surface area contributed by atoms with Gasteiger partial charge in [0.25, 0.3) is 0 Å². The molecule has 1 aromatic rings. The number of carbonyl (C=O) groups excluding carboxylic acids is 1. The minimum Gasteiger partial charge on any atom is -0.481 e. The van der Waals surface area contributed by atoms with E-state index >= 15 is 0 Å². The third-order valence-electron chi connectivity index (χ3n) is 3.75. The maximum atomic E-state index is 12.5. The molecule has 1 fully saturated rings. The zero-order chi connectivity index (χ0) is 15.5. The smallest absolute Gasteiger partial charge is 0.305 e. The fraction of sp³-hybridized carbons (Fsp3) is 0.467. The van der Waals surface area contributed by atoms with Crippen molar-refractivity contribution in [1.82, 2.24) is 4.90 Å². The van der Waals surface area contributed by atoms with E-state index in [1.807, 2.05) is 6.07 Å². The van der Waals surface area contributed by atoms with Gasteiger partial charge in [0.15, 0.2) is 11.5 Å². The summed E-state index contributed by atoms with van der Waals surface area (Å²) in [6, 6.07) is 4.97. The van der Waals surface area contributed by atoms with E-state index in [-0.39, 0.29) is 32.1 Å². The predicted molar refractivity (Wildman–Crippen MR) is 74.8 cm³/mol. The van der Waals surface area contributed by atoms with Crippen LogP contribution < -0.4 is 9.47 Å². The minimum absolute atomic E-state index is 0.103. The van der Waals surface area contributed by atoms with Crippen LogP contribution >= 0.6 is 0 Å². The molecule has 1 N–H and O–H groups in total. The van der Waals surface area contributed by atoms with Crippen LogP contribution in [-0.4, -0.2) is 54.5 Å². The maximum Gasteiger partial charge on any atom is 0.305 e. The monoisotopic (exact) mass is 307 g/mol. The first-order valence-electron chi connectivity index (χ1n) is 7.11. The Kier molecular flexibility index (Phi) is 4.15. The summed E-state index contributed by atoms with van der Waals surface area (Å²) in [5.74, 6) is 0.269. The molecule has 118 valence electrons. The molecule has 1 amide bonds. The molecule has 2 heterocycles. The molecule has 1 saturated heterocycles. The fourth-order valence-electron chi connectivity index (χ4n) is 2.68. The number of fused-ring (bicyclic) bond motifs is 1. The van der Waals surface area contributed by atoms with Crippen LogP contribution in [0.1, 0.15) is 12.0 Å². The number of ether oxygens (including phenoxy) is 3. The van der Waals surface area contributed by atoms with Crippen molar-refractivity contribution in [2.75, 3.05) is 26.6 Å². The molecule has 0 bridgehead atoms. The van der Waals surface area contributed by atoms with Crippen LogP contribution in [-0.2, 0) is 20.7 Å². The van der Waals surface area contributed by atoms with Crippen LogP contribution in [0.4, 0.5) is 0 Å². The van der Waals surface area contributed by atoms with Gasteiger partial charge in [0.2, 0.25) is 12.7 Å². The van der Waals surface area contributed by atoms with Crippen LogP contribution in [0.5, 0.6) is 11.5 Å². The Morgan fingerprint density at radius 2 is 2.09 bits per heavy atom. The molecule has 0 aromatic heterocycles. The molecule has 1 unspecified atom stereocenters. The molecular weight excluding hydrogens is 290 g/mol. The quantitative estimate of drug-likeness (QED) is 0.879. The molecule has 1 aromatic carbocycles. The predicted octanol–water partition coefficient (Wildman–Crippen LogP) is 0.660. The van der Waals surface area contributed by atoms with E-state index in [1.54, 1.807) is 17.0 Å². The van der Waals surface area contributed by atoms with Crippen LogP contribution in [0.25, 0.3) is 0 Å². The van der Waals surface area contributed by atoms with Gasteiger partial charge < -0.3 is 24.2 Å². The average molecular weight is 307 g/mol. The summed E-state index contributed by atoms with van der Waals surface area (Å²) in [5, 5.41) is 8.94. The first kappa shape index (κ1) is 14.6. The fourth-order valence-corrected chi connectivity index (χ4v) is 2.68. The van der Waals surface area contributed by atoms with Gasteiger partial charge in [0.05, 0.1) is 32.1 Å². The van der Waals surface area contributed by atoms with Gasteiger partial charge in [-0.15, -0.1) is 0 Å². The summed E-state index contributed by atoms with van der Waals surface area (Å²) in [6.45, 7) is 1.31. The Balaban J connectivity index is 1.68. The molecule has 7 heteroatoms. The second-order valence-corrected chi connectivity index (χ2v) is 5.28. The summed E-state index contributed by atoms with van der Waals surface area (Å²) in [7, 11) is 0. The molecule has 2 aliphatic heterocycles. The molecule has 3 rings (SSSR count). The Labute approximate surface area is 127 Å². The van der Waals surface area contributed by atoms with Crippen molar-refractivity contribution in [3.05, 3.63) is 23.8 Å². The van der Waals surface area contributed by atoms with E-state index < -0.39 is 12.0 Å². The van der Waals surface area contributed by atoms with E-state index in [9.17, 15) is 9.59 Å². The lowest BCUT2D eigenvalue weighted by Crippen LogP contribution is -2.50. The SMILES string of the molecule is O=C(O)CC1COCCN1C(=O)Cc1ccc2c(c1)OCO2. The van der Waals surface area contributed by atoms with Crippen molar-refractivity contribution in [3.8, 4) is 11.5 Å². The van der Waals surface area contributed by atoms with Gasteiger partial charge in [-0.2, -0.15) is 0 Å². The normalized spacial score (nSPS) is 20.0. The van der Waals surface area contributed by atoms with Gasteiger partial charge >= 0.3 is 5.97 Å². The summed E-state index contributed by atoms with van der Waals surface area (Å²) in [5.41, 5.74) is 0.815. The van der Waals surface area contributed by atoms with E-state index in [2.05, 4.69) is 0 Å². The van der Waals surface area contributed by atoms with E-state index in [0.29, 0.717) is 24.7 Å². The van der Waals surface area contributed by atoms with Crippen LogP contribution in [0, 0.1) is 0 Å². The number of morpholine rings is 1. The molecule has 0 spiro atoms. The van der Waals surface area contributed by atoms with Crippen LogP contribution in [0.3, 0.4) is 0 Å². The zero-order valence-electron chi connectivity index (χ0n) is 12.0. The highest BCUT2D eigenvalue weighted by atomic mass is 16.7. The number of amides is 1. The van der Waals surface area contributed by atoms with Crippen molar-refractivity contribution in [2.45, 2.75) is 18.9 Å². The largest absolute Gasteiger partial charge is 0.481 e. The standard InChI is InChI=1S/C15H17NO6/c17-14(16-3-4-20-8-11(16)7-15(18)19)6-10-1-2-12-13(5-10)22-9-21-12/h1-2,5,11H,3-4,6-9H2,(H,18,19). The van der Waals surface area contributed by atoms with Gasteiger partial charge in [-0.3, -0.25) is 9.59 Å². The second kappa shape index (κ2) is 6.23. The second-order valence-electron chi connectivity index (χ2n) is 5.28.